The van der Waals surface area contributed by atoms with Gasteiger partial charge in [-0.15, -0.1) is 0 Å². The van der Waals surface area contributed by atoms with E-state index in [2.05, 4.69) is 37.7 Å². The largest absolute Gasteiger partial charge is 0.256 e. The summed E-state index contributed by atoms with van der Waals surface area (Å²) in [5, 5.41) is 0.449. The molecule has 0 bridgehead atoms. The Morgan fingerprint density at radius 3 is 2.23 bits per heavy atom. The molecule has 0 aliphatic rings. The smallest absolute Gasteiger partial charge is 0.147 e. The lowest BCUT2D eigenvalue weighted by Crippen LogP contribution is -2.16. The molecule has 0 radical (unpaired) electrons. The van der Waals surface area contributed by atoms with Gasteiger partial charge in [-0.25, -0.2) is 4.98 Å². The average molecular weight is 199 g/mol. The molecule has 0 saturated heterocycles. The third kappa shape index (κ3) is 2.66. The van der Waals surface area contributed by atoms with E-state index in [1.807, 2.05) is 0 Å². The van der Waals surface area contributed by atoms with Crippen molar-refractivity contribution in [2.24, 2.45) is 5.41 Å². The molecule has 0 aliphatic heterocycles. The van der Waals surface area contributed by atoms with Crippen molar-refractivity contribution < 1.29 is 0 Å². The second-order valence-corrected chi connectivity index (χ2v) is 4.74. The Bertz CT molecular complexity index is 274. The highest BCUT2D eigenvalue weighted by atomic mass is 35.5. The molecule has 0 fully saturated rings. The van der Waals surface area contributed by atoms with Crippen LogP contribution in [0.2, 0.25) is 5.15 Å². The van der Waals surface area contributed by atoms with Crippen LogP contribution < -0.4 is 0 Å². The number of aromatic nitrogens is 2. The van der Waals surface area contributed by atoms with E-state index < -0.39 is 0 Å². The van der Waals surface area contributed by atoms with Crippen molar-refractivity contribution in [3.8, 4) is 0 Å². The Morgan fingerprint density at radius 1 is 1.23 bits per heavy atom. The van der Waals surface area contributed by atoms with Crippen LogP contribution in [0.4, 0.5) is 0 Å². The van der Waals surface area contributed by atoms with Crippen molar-refractivity contribution >= 4 is 11.6 Å². The van der Waals surface area contributed by atoms with Gasteiger partial charge in [0.2, 0.25) is 0 Å². The molecule has 1 unspecified atom stereocenters. The molecule has 3 heteroatoms. The van der Waals surface area contributed by atoms with E-state index in [9.17, 15) is 0 Å². The van der Waals surface area contributed by atoms with Gasteiger partial charge in [-0.1, -0.05) is 39.3 Å². The number of nitrogens with zero attached hydrogens (tertiary/aromatic N) is 2. The van der Waals surface area contributed by atoms with Gasteiger partial charge in [0.1, 0.15) is 5.15 Å². The van der Waals surface area contributed by atoms with Crippen molar-refractivity contribution in [2.75, 3.05) is 0 Å². The topological polar surface area (TPSA) is 25.8 Å². The summed E-state index contributed by atoms with van der Waals surface area (Å²) in [5.41, 5.74) is 1.21. The number of hydrogen-bond acceptors (Lipinski definition) is 2. The lowest BCUT2D eigenvalue weighted by atomic mass is 9.80. The van der Waals surface area contributed by atoms with E-state index in [4.69, 9.17) is 11.6 Å². The van der Waals surface area contributed by atoms with E-state index >= 15 is 0 Å². The van der Waals surface area contributed by atoms with Crippen molar-refractivity contribution in [1.29, 1.82) is 0 Å². The molecular formula is C10H15ClN2. The van der Waals surface area contributed by atoms with Crippen molar-refractivity contribution in [2.45, 2.75) is 33.6 Å². The van der Waals surface area contributed by atoms with Crippen LogP contribution in [0.5, 0.6) is 0 Å². The first-order valence-electron chi connectivity index (χ1n) is 4.38. The minimum absolute atomic E-state index is 0.211. The van der Waals surface area contributed by atoms with Crippen LogP contribution in [0.1, 0.15) is 39.3 Å². The maximum atomic E-state index is 5.66. The molecule has 0 spiro atoms. The fraction of sp³-hybridized carbons (Fsp3) is 0.600. The summed E-state index contributed by atoms with van der Waals surface area (Å²) in [6, 6.07) is 0. The lowest BCUT2D eigenvalue weighted by Gasteiger charge is -2.26. The van der Waals surface area contributed by atoms with Gasteiger partial charge in [0.25, 0.3) is 0 Å². The number of hydrogen-bond donors (Lipinski definition) is 0. The van der Waals surface area contributed by atoms with Crippen LogP contribution >= 0.6 is 11.6 Å². The molecule has 1 atom stereocenters. The SMILES string of the molecule is CC(c1cnc(Cl)cn1)C(C)(C)C. The standard InChI is InChI=1S/C10H15ClN2/c1-7(10(2,3)4)8-5-13-9(11)6-12-8/h5-7H,1-4H3. The Kier molecular flexibility index (Phi) is 2.91. The van der Waals surface area contributed by atoms with Crippen LogP contribution in [0, 0.1) is 5.41 Å². The van der Waals surface area contributed by atoms with Gasteiger partial charge in [0.05, 0.1) is 18.1 Å². The summed E-state index contributed by atoms with van der Waals surface area (Å²) in [4.78, 5) is 8.27. The summed E-state index contributed by atoms with van der Waals surface area (Å²) >= 11 is 5.66. The Morgan fingerprint density at radius 2 is 1.85 bits per heavy atom. The van der Waals surface area contributed by atoms with Crippen LogP contribution in [0.25, 0.3) is 0 Å². The summed E-state index contributed by atoms with van der Waals surface area (Å²) in [5.74, 6) is 0.386. The zero-order valence-corrected chi connectivity index (χ0v) is 9.26. The van der Waals surface area contributed by atoms with Crippen molar-refractivity contribution in [3.63, 3.8) is 0 Å². The highest BCUT2D eigenvalue weighted by Gasteiger charge is 2.22. The minimum atomic E-state index is 0.211. The first kappa shape index (κ1) is 10.5. The van der Waals surface area contributed by atoms with E-state index in [1.54, 1.807) is 12.4 Å². The third-order valence-electron chi connectivity index (χ3n) is 2.38. The average Bonchev–Trinajstić information content (AvgIpc) is 2.03. The summed E-state index contributed by atoms with van der Waals surface area (Å²) in [7, 11) is 0. The first-order valence-corrected chi connectivity index (χ1v) is 4.76. The zero-order chi connectivity index (χ0) is 10.1. The Labute approximate surface area is 84.4 Å². The molecule has 1 heterocycles. The molecule has 0 N–H and O–H groups in total. The lowest BCUT2D eigenvalue weighted by molar-refractivity contribution is 0.333. The van der Waals surface area contributed by atoms with Gasteiger partial charge < -0.3 is 0 Å². The van der Waals surface area contributed by atoms with Crippen molar-refractivity contribution in [1.82, 2.24) is 9.97 Å². The van der Waals surface area contributed by atoms with E-state index in [-0.39, 0.29) is 5.41 Å². The van der Waals surface area contributed by atoms with E-state index in [0.717, 1.165) is 5.69 Å². The maximum absolute atomic E-state index is 5.66. The minimum Gasteiger partial charge on any atom is -0.256 e. The Balaban J connectivity index is 2.90. The van der Waals surface area contributed by atoms with Crippen LogP contribution in [-0.2, 0) is 0 Å². The molecule has 0 amide bonds. The van der Waals surface area contributed by atoms with Gasteiger partial charge in [-0.05, 0) is 5.41 Å². The second kappa shape index (κ2) is 3.62. The zero-order valence-electron chi connectivity index (χ0n) is 8.50. The summed E-state index contributed by atoms with van der Waals surface area (Å²) in [6.07, 6.45) is 3.34. The first-order chi connectivity index (χ1) is 5.91. The van der Waals surface area contributed by atoms with E-state index in [0.29, 0.717) is 11.1 Å². The fourth-order valence-electron chi connectivity index (χ4n) is 0.990. The maximum Gasteiger partial charge on any atom is 0.147 e. The number of halogens is 1. The van der Waals surface area contributed by atoms with Gasteiger partial charge in [-0.3, -0.25) is 4.98 Å². The summed E-state index contributed by atoms with van der Waals surface area (Å²) in [6.45, 7) is 8.72. The highest BCUT2D eigenvalue weighted by molar-refractivity contribution is 6.29. The molecule has 1 aromatic heterocycles. The highest BCUT2D eigenvalue weighted by Crippen LogP contribution is 2.32. The predicted octanol–water partition coefficient (Wildman–Crippen LogP) is 3.28. The molecule has 72 valence electrons. The van der Waals surface area contributed by atoms with Crippen LogP contribution in [0.15, 0.2) is 12.4 Å². The van der Waals surface area contributed by atoms with Crippen LogP contribution in [-0.4, -0.2) is 9.97 Å². The molecule has 2 nitrogen and oxygen atoms in total. The fourth-order valence-corrected chi connectivity index (χ4v) is 1.09. The molecule has 13 heavy (non-hydrogen) atoms. The Hall–Kier alpha value is -0.630. The second-order valence-electron chi connectivity index (χ2n) is 4.35. The van der Waals surface area contributed by atoms with E-state index in [1.165, 1.54) is 0 Å². The van der Waals surface area contributed by atoms with Crippen molar-refractivity contribution in [3.05, 3.63) is 23.2 Å². The predicted molar refractivity (Wildman–Crippen MR) is 54.9 cm³/mol. The monoisotopic (exact) mass is 198 g/mol. The molecule has 0 saturated carbocycles. The molecule has 0 aromatic carbocycles. The summed E-state index contributed by atoms with van der Waals surface area (Å²) < 4.78 is 0. The normalized spacial score (nSPS) is 14.2. The molecule has 0 aliphatic carbocycles. The third-order valence-corrected chi connectivity index (χ3v) is 2.58. The van der Waals surface area contributed by atoms with Gasteiger partial charge >= 0.3 is 0 Å². The molecular weight excluding hydrogens is 184 g/mol. The number of rotatable bonds is 1. The molecule has 1 aromatic rings. The molecule has 1 rings (SSSR count). The van der Waals surface area contributed by atoms with Gasteiger partial charge in [-0.2, -0.15) is 0 Å². The van der Waals surface area contributed by atoms with Gasteiger partial charge in [0, 0.05) is 5.92 Å². The quantitative estimate of drug-likeness (QED) is 0.692. The van der Waals surface area contributed by atoms with Crippen LogP contribution in [0.3, 0.4) is 0 Å². The van der Waals surface area contributed by atoms with Gasteiger partial charge in [0.15, 0.2) is 0 Å².